The van der Waals surface area contributed by atoms with Crippen molar-refractivity contribution in [3.8, 4) is 17.2 Å². The first-order chi connectivity index (χ1) is 12.1. The van der Waals surface area contributed by atoms with Gasteiger partial charge >= 0.3 is 0 Å². The maximum atomic E-state index is 12.6. The van der Waals surface area contributed by atoms with Gasteiger partial charge in [-0.1, -0.05) is 12.1 Å². The maximum absolute atomic E-state index is 12.6. The van der Waals surface area contributed by atoms with E-state index in [1.54, 1.807) is 25.1 Å². The molecule has 7 heteroatoms. The Morgan fingerprint density at radius 3 is 2.96 bits per heavy atom. The largest absolute Gasteiger partial charge is 0.478 e. The zero-order valence-corrected chi connectivity index (χ0v) is 13.5. The molecule has 7 nitrogen and oxygen atoms in total. The number of ether oxygens (including phenoxy) is 3. The van der Waals surface area contributed by atoms with Crippen molar-refractivity contribution in [2.75, 3.05) is 12.1 Å². The van der Waals surface area contributed by atoms with Gasteiger partial charge in [0.15, 0.2) is 23.4 Å². The van der Waals surface area contributed by atoms with Crippen molar-refractivity contribution >= 4 is 17.5 Å². The van der Waals surface area contributed by atoms with Crippen molar-refractivity contribution in [1.29, 1.82) is 0 Å². The number of nitrogens with one attached hydrogen (secondary N) is 2. The van der Waals surface area contributed by atoms with E-state index in [0.29, 0.717) is 35.0 Å². The van der Waals surface area contributed by atoms with Crippen molar-refractivity contribution in [3.05, 3.63) is 47.5 Å². The van der Waals surface area contributed by atoms with E-state index < -0.39 is 6.10 Å². The molecule has 2 aliphatic rings. The summed E-state index contributed by atoms with van der Waals surface area (Å²) in [7, 11) is 0. The molecule has 0 aromatic heterocycles. The highest BCUT2D eigenvalue weighted by Crippen LogP contribution is 2.34. The van der Waals surface area contributed by atoms with Crippen LogP contribution in [0, 0.1) is 0 Å². The Bertz CT molecular complexity index is 865. The number of rotatable bonds is 3. The normalized spacial score (nSPS) is 17.3. The number of fused-ring (bicyclic) bond motifs is 2. The quantitative estimate of drug-likeness (QED) is 0.893. The summed E-state index contributed by atoms with van der Waals surface area (Å²) in [6, 6.07) is 10.6. The lowest BCUT2D eigenvalue weighted by molar-refractivity contribution is -0.122. The molecule has 0 fully saturated rings. The van der Waals surface area contributed by atoms with E-state index >= 15 is 0 Å². The van der Waals surface area contributed by atoms with Crippen LogP contribution in [0.2, 0.25) is 0 Å². The number of amides is 2. The second kappa shape index (κ2) is 6.01. The number of para-hydroxylation sites is 1. The van der Waals surface area contributed by atoms with Gasteiger partial charge in [-0.05, 0) is 36.8 Å². The molecule has 1 atom stereocenters. The fourth-order valence-electron chi connectivity index (χ4n) is 2.73. The van der Waals surface area contributed by atoms with Crippen LogP contribution in [0.1, 0.15) is 22.8 Å². The standard InChI is InChI=1S/C18H16N2O5/c1-10-17(21)20-13-4-2-3-12(16(13)25-10)18(22)19-8-11-5-6-14-15(7-11)24-9-23-14/h2-7,10H,8-9H2,1H3,(H,19,22)(H,20,21). The van der Waals surface area contributed by atoms with Crippen molar-refractivity contribution in [3.63, 3.8) is 0 Å². The highest BCUT2D eigenvalue weighted by atomic mass is 16.7. The van der Waals surface area contributed by atoms with Gasteiger partial charge in [0.05, 0.1) is 11.3 Å². The van der Waals surface area contributed by atoms with Gasteiger partial charge in [0.1, 0.15) is 0 Å². The minimum absolute atomic E-state index is 0.211. The van der Waals surface area contributed by atoms with Gasteiger partial charge in [0, 0.05) is 6.54 Å². The Kier molecular flexibility index (Phi) is 3.68. The molecule has 2 aromatic carbocycles. The third kappa shape index (κ3) is 2.84. The molecule has 2 aromatic rings. The van der Waals surface area contributed by atoms with Gasteiger partial charge in [0.25, 0.3) is 11.8 Å². The van der Waals surface area contributed by atoms with Gasteiger partial charge in [-0.15, -0.1) is 0 Å². The Labute approximate surface area is 143 Å². The molecule has 2 amide bonds. The summed E-state index contributed by atoms with van der Waals surface area (Å²) >= 11 is 0. The lowest BCUT2D eigenvalue weighted by Gasteiger charge is -2.25. The molecule has 4 rings (SSSR count). The first kappa shape index (κ1) is 15.3. The molecular weight excluding hydrogens is 324 g/mol. The Hall–Kier alpha value is -3.22. The van der Waals surface area contributed by atoms with Crippen LogP contribution in [0.15, 0.2) is 36.4 Å². The molecule has 0 saturated carbocycles. The average Bonchev–Trinajstić information content (AvgIpc) is 3.08. The molecule has 0 spiro atoms. The number of anilines is 1. The minimum Gasteiger partial charge on any atom is -0.478 e. The van der Waals surface area contributed by atoms with Crippen LogP contribution in [0.5, 0.6) is 17.2 Å². The Morgan fingerprint density at radius 2 is 2.08 bits per heavy atom. The van der Waals surface area contributed by atoms with Gasteiger partial charge in [-0.25, -0.2) is 0 Å². The summed E-state index contributed by atoms with van der Waals surface area (Å²) in [5.74, 6) is 1.25. The lowest BCUT2D eigenvalue weighted by Crippen LogP contribution is -2.35. The summed E-state index contributed by atoms with van der Waals surface area (Å²) in [5, 5.41) is 5.59. The summed E-state index contributed by atoms with van der Waals surface area (Å²) in [6.45, 7) is 2.18. The second-order valence-corrected chi connectivity index (χ2v) is 5.80. The summed E-state index contributed by atoms with van der Waals surface area (Å²) in [6.07, 6.45) is -0.643. The van der Waals surface area contributed by atoms with Crippen LogP contribution in [0.25, 0.3) is 0 Å². The number of hydrogen-bond acceptors (Lipinski definition) is 5. The van der Waals surface area contributed by atoms with E-state index in [4.69, 9.17) is 14.2 Å². The second-order valence-electron chi connectivity index (χ2n) is 5.80. The fraction of sp³-hybridized carbons (Fsp3) is 0.222. The molecule has 0 saturated heterocycles. The van der Waals surface area contributed by atoms with E-state index in [9.17, 15) is 9.59 Å². The van der Waals surface area contributed by atoms with Gasteiger partial charge < -0.3 is 24.8 Å². The molecule has 25 heavy (non-hydrogen) atoms. The topological polar surface area (TPSA) is 85.9 Å². The SMILES string of the molecule is CC1Oc2c(cccc2C(=O)NCc2ccc3c(c2)OCO3)NC1=O. The average molecular weight is 340 g/mol. The Balaban J connectivity index is 1.50. The molecular formula is C18H16N2O5. The van der Waals surface area contributed by atoms with E-state index in [1.807, 2.05) is 18.2 Å². The zero-order chi connectivity index (χ0) is 17.4. The molecule has 2 N–H and O–H groups in total. The van der Waals surface area contributed by atoms with Crippen molar-refractivity contribution in [1.82, 2.24) is 5.32 Å². The van der Waals surface area contributed by atoms with Crippen molar-refractivity contribution in [2.45, 2.75) is 19.6 Å². The zero-order valence-electron chi connectivity index (χ0n) is 13.5. The molecule has 0 radical (unpaired) electrons. The summed E-state index contributed by atoms with van der Waals surface area (Å²) in [5.41, 5.74) is 1.77. The first-order valence-electron chi connectivity index (χ1n) is 7.89. The third-order valence-corrected chi connectivity index (χ3v) is 4.07. The van der Waals surface area contributed by atoms with E-state index in [2.05, 4.69) is 10.6 Å². The molecule has 1 unspecified atom stereocenters. The van der Waals surface area contributed by atoms with E-state index in [1.165, 1.54) is 0 Å². The number of carbonyl (C=O) groups excluding carboxylic acids is 2. The predicted octanol–water partition coefficient (Wildman–Crippen LogP) is 2.06. The molecule has 2 heterocycles. The smallest absolute Gasteiger partial charge is 0.265 e. The van der Waals surface area contributed by atoms with Gasteiger partial charge in [-0.2, -0.15) is 0 Å². The van der Waals surface area contributed by atoms with Crippen molar-refractivity contribution < 1.29 is 23.8 Å². The molecule has 2 aliphatic heterocycles. The summed E-state index contributed by atoms with van der Waals surface area (Å²) in [4.78, 5) is 24.2. The van der Waals surface area contributed by atoms with Gasteiger partial charge in [-0.3, -0.25) is 9.59 Å². The van der Waals surface area contributed by atoms with Crippen molar-refractivity contribution in [2.24, 2.45) is 0 Å². The van der Waals surface area contributed by atoms with E-state index in [-0.39, 0.29) is 18.6 Å². The maximum Gasteiger partial charge on any atom is 0.265 e. The number of hydrogen-bond donors (Lipinski definition) is 2. The molecule has 0 aliphatic carbocycles. The van der Waals surface area contributed by atoms with E-state index in [0.717, 1.165) is 5.56 Å². The predicted molar refractivity (Wildman–Crippen MR) is 88.9 cm³/mol. The molecule has 0 bridgehead atoms. The van der Waals surface area contributed by atoms with Crippen LogP contribution in [0.4, 0.5) is 5.69 Å². The Morgan fingerprint density at radius 1 is 1.24 bits per heavy atom. The van der Waals surface area contributed by atoms with Crippen LogP contribution in [0.3, 0.4) is 0 Å². The highest BCUT2D eigenvalue weighted by Gasteiger charge is 2.27. The monoisotopic (exact) mass is 340 g/mol. The summed E-state index contributed by atoms with van der Waals surface area (Å²) < 4.78 is 16.2. The number of carbonyl (C=O) groups is 2. The fourth-order valence-corrected chi connectivity index (χ4v) is 2.73. The van der Waals surface area contributed by atoms with Crippen LogP contribution in [-0.2, 0) is 11.3 Å². The first-order valence-corrected chi connectivity index (χ1v) is 7.89. The van der Waals surface area contributed by atoms with Crippen LogP contribution < -0.4 is 24.8 Å². The van der Waals surface area contributed by atoms with Gasteiger partial charge in [0.2, 0.25) is 6.79 Å². The van der Waals surface area contributed by atoms with Crippen LogP contribution in [-0.4, -0.2) is 24.7 Å². The molecule has 128 valence electrons. The number of benzene rings is 2. The highest BCUT2D eigenvalue weighted by molar-refractivity contribution is 6.03. The van der Waals surface area contributed by atoms with Crippen LogP contribution >= 0.6 is 0 Å². The third-order valence-electron chi connectivity index (χ3n) is 4.07. The minimum atomic E-state index is -0.643. The lowest BCUT2D eigenvalue weighted by atomic mass is 10.1.